The highest BCUT2D eigenvalue weighted by atomic mass is 19.1. The summed E-state index contributed by atoms with van der Waals surface area (Å²) in [6.07, 6.45) is 0.977. The molecule has 0 aromatic heterocycles. The lowest BCUT2D eigenvalue weighted by atomic mass is 10.1. The quantitative estimate of drug-likeness (QED) is 0.867. The molecular weight excluding hydrogens is 243 g/mol. The molecule has 0 spiro atoms. The maximum atomic E-state index is 13.5. The highest BCUT2D eigenvalue weighted by Crippen LogP contribution is 2.24. The zero-order valence-corrected chi connectivity index (χ0v) is 10.2. The summed E-state index contributed by atoms with van der Waals surface area (Å²) >= 11 is 0. The van der Waals surface area contributed by atoms with Gasteiger partial charge < -0.3 is 10.6 Å². The highest BCUT2D eigenvalue weighted by molar-refractivity contribution is 6.05. The van der Waals surface area contributed by atoms with Gasteiger partial charge in [0.2, 0.25) is 0 Å². The largest absolute Gasteiger partial charge is 0.384 e. The van der Waals surface area contributed by atoms with E-state index in [4.69, 9.17) is 0 Å². The van der Waals surface area contributed by atoms with Gasteiger partial charge in [-0.15, -0.1) is 0 Å². The monoisotopic (exact) mass is 256 g/mol. The predicted molar refractivity (Wildman–Crippen MR) is 73.0 cm³/mol. The number of benzene rings is 2. The number of hydrogen-bond donors (Lipinski definition) is 2. The summed E-state index contributed by atoms with van der Waals surface area (Å²) in [4.78, 5) is 12.1. The van der Waals surface area contributed by atoms with E-state index in [-0.39, 0.29) is 11.6 Å². The van der Waals surface area contributed by atoms with E-state index in [2.05, 4.69) is 10.6 Å². The van der Waals surface area contributed by atoms with Gasteiger partial charge in [-0.05, 0) is 36.2 Å². The number of nitrogens with one attached hydrogen (secondary N) is 2. The number of halogens is 1. The van der Waals surface area contributed by atoms with Crippen LogP contribution in [0, 0.1) is 5.82 Å². The van der Waals surface area contributed by atoms with E-state index in [0.717, 1.165) is 18.7 Å². The van der Waals surface area contributed by atoms with E-state index in [1.165, 1.54) is 11.6 Å². The number of fused-ring (bicyclic) bond motifs is 1. The molecule has 0 atom stereocenters. The van der Waals surface area contributed by atoms with Crippen LogP contribution in [0.3, 0.4) is 0 Å². The molecule has 0 fully saturated rings. The van der Waals surface area contributed by atoms with Crippen molar-refractivity contribution in [3.8, 4) is 0 Å². The fraction of sp³-hybridized carbons (Fsp3) is 0.133. The topological polar surface area (TPSA) is 41.1 Å². The molecule has 0 aliphatic carbocycles. The van der Waals surface area contributed by atoms with Crippen molar-refractivity contribution in [1.82, 2.24) is 0 Å². The summed E-state index contributed by atoms with van der Waals surface area (Å²) in [6, 6.07) is 11.6. The number of carbonyl (C=O) groups is 1. The summed E-state index contributed by atoms with van der Waals surface area (Å²) in [5.41, 5.74) is 2.92. The SMILES string of the molecule is O=C(Nc1ccccc1F)c1ccc2c(c1)NCC2. The van der Waals surface area contributed by atoms with Crippen molar-refractivity contribution in [2.45, 2.75) is 6.42 Å². The number of rotatable bonds is 2. The minimum absolute atomic E-state index is 0.195. The Kier molecular flexibility index (Phi) is 2.91. The summed E-state index contributed by atoms with van der Waals surface area (Å²) in [7, 11) is 0. The van der Waals surface area contributed by atoms with Gasteiger partial charge in [-0.1, -0.05) is 18.2 Å². The van der Waals surface area contributed by atoms with Gasteiger partial charge in [0.05, 0.1) is 5.69 Å². The Bertz CT molecular complexity index is 640. The molecule has 1 aliphatic heterocycles. The van der Waals surface area contributed by atoms with Crippen LogP contribution in [0.2, 0.25) is 0 Å². The van der Waals surface area contributed by atoms with Gasteiger partial charge >= 0.3 is 0 Å². The second kappa shape index (κ2) is 4.72. The Hall–Kier alpha value is -2.36. The van der Waals surface area contributed by atoms with E-state index in [1.807, 2.05) is 6.07 Å². The second-order valence-corrected chi connectivity index (χ2v) is 4.48. The van der Waals surface area contributed by atoms with Crippen LogP contribution in [0.1, 0.15) is 15.9 Å². The van der Waals surface area contributed by atoms with E-state index >= 15 is 0 Å². The zero-order chi connectivity index (χ0) is 13.2. The molecule has 0 radical (unpaired) electrons. The van der Waals surface area contributed by atoms with Crippen LogP contribution in [-0.4, -0.2) is 12.5 Å². The van der Waals surface area contributed by atoms with Crippen LogP contribution < -0.4 is 10.6 Å². The lowest BCUT2D eigenvalue weighted by Crippen LogP contribution is -2.13. The number of hydrogen-bond acceptors (Lipinski definition) is 2. The molecule has 1 amide bonds. The van der Waals surface area contributed by atoms with Gasteiger partial charge in [0, 0.05) is 17.8 Å². The number of amides is 1. The molecule has 0 unspecified atom stereocenters. The van der Waals surface area contributed by atoms with Crippen molar-refractivity contribution in [3.63, 3.8) is 0 Å². The second-order valence-electron chi connectivity index (χ2n) is 4.48. The summed E-state index contributed by atoms with van der Waals surface area (Å²) in [5, 5.41) is 5.79. The van der Waals surface area contributed by atoms with Gasteiger partial charge in [0.1, 0.15) is 5.82 Å². The molecule has 1 heterocycles. The Labute approximate surface area is 110 Å². The van der Waals surface area contributed by atoms with Crippen LogP contribution in [0.5, 0.6) is 0 Å². The summed E-state index contributed by atoms with van der Waals surface area (Å²) in [5.74, 6) is -0.739. The van der Waals surface area contributed by atoms with Crippen molar-refractivity contribution in [2.24, 2.45) is 0 Å². The van der Waals surface area contributed by atoms with Gasteiger partial charge in [0.15, 0.2) is 0 Å². The zero-order valence-electron chi connectivity index (χ0n) is 10.2. The molecule has 2 aromatic carbocycles. The van der Waals surface area contributed by atoms with Crippen LogP contribution >= 0.6 is 0 Å². The molecule has 96 valence electrons. The Morgan fingerprint density at radius 1 is 1.21 bits per heavy atom. The van der Waals surface area contributed by atoms with Gasteiger partial charge in [-0.2, -0.15) is 0 Å². The van der Waals surface area contributed by atoms with Gasteiger partial charge in [0.25, 0.3) is 5.91 Å². The van der Waals surface area contributed by atoms with Crippen molar-refractivity contribution in [2.75, 3.05) is 17.2 Å². The molecular formula is C15H13FN2O. The fourth-order valence-corrected chi connectivity index (χ4v) is 2.19. The third-order valence-electron chi connectivity index (χ3n) is 3.20. The smallest absolute Gasteiger partial charge is 0.255 e. The van der Waals surface area contributed by atoms with Gasteiger partial charge in [-0.25, -0.2) is 4.39 Å². The molecule has 3 nitrogen and oxygen atoms in total. The molecule has 3 rings (SSSR count). The Morgan fingerprint density at radius 2 is 2.05 bits per heavy atom. The first kappa shape index (κ1) is 11.7. The molecule has 2 N–H and O–H groups in total. The normalized spacial score (nSPS) is 12.7. The molecule has 2 aromatic rings. The van der Waals surface area contributed by atoms with E-state index < -0.39 is 5.82 Å². The first-order valence-corrected chi connectivity index (χ1v) is 6.17. The van der Waals surface area contributed by atoms with Crippen LogP contribution in [0.4, 0.5) is 15.8 Å². The number of anilines is 2. The third kappa shape index (κ3) is 2.29. The maximum Gasteiger partial charge on any atom is 0.255 e. The summed E-state index contributed by atoms with van der Waals surface area (Å²) in [6.45, 7) is 0.897. The predicted octanol–water partition coefficient (Wildman–Crippen LogP) is 3.05. The maximum absolute atomic E-state index is 13.5. The molecule has 4 heteroatoms. The molecule has 0 saturated carbocycles. The van der Waals surface area contributed by atoms with Crippen molar-refractivity contribution < 1.29 is 9.18 Å². The molecule has 0 saturated heterocycles. The van der Waals surface area contributed by atoms with E-state index in [0.29, 0.717) is 5.56 Å². The number of para-hydroxylation sites is 1. The van der Waals surface area contributed by atoms with Crippen LogP contribution in [0.25, 0.3) is 0 Å². The van der Waals surface area contributed by atoms with Gasteiger partial charge in [-0.3, -0.25) is 4.79 Å². The van der Waals surface area contributed by atoms with Crippen molar-refractivity contribution in [3.05, 3.63) is 59.4 Å². The first-order valence-electron chi connectivity index (χ1n) is 6.17. The van der Waals surface area contributed by atoms with E-state index in [9.17, 15) is 9.18 Å². The molecule has 19 heavy (non-hydrogen) atoms. The molecule has 1 aliphatic rings. The average molecular weight is 256 g/mol. The lowest BCUT2D eigenvalue weighted by molar-refractivity contribution is 0.102. The van der Waals surface area contributed by atoms with Crippen molar-refractivity contribution in [1.29, 1.82) is 0 Å². The summed E-state index contributed by atoms with van der Waals surface area (Å²) < 4.78 is 13.5. The van der Waals surface area contributed by atoms with Crippen molar-refractivity contribution >= 4 is 17.3 Å². The van der Waals surface area contributed by atoms with E-state index in [1.54, 1.807) is 30.3 Å². The minimum Gasteiger partial charge on any atom is -0.384 e. The van der Waals surface area contributed by atoms with Crippen LogP contribution in [-0.2, 0) is 6.42 Å². The average Bonchev–Trinajstić information content (AvgIpc) is 2.88. The Balaban J connectivity index is 1.83. The van der Waals surface area contributed by atoms with Crippen LogP contribution in [0.15, 0.2) is 42.5 Å². The fourth-order valence-electron chi connectivity index (χ4n) is 2.19. The number of carbonyl (C=O) groups excluding carboxylic acids is 1. The standard InChI is InChI=1S/C15H13FN2O/c16-12-3-1-2-4-13(12)18-15(19)11-6-5-10-7-8-17-14(10)9-11/h1-6,9,17H,7-8H2,(H,18,19). The Morgan fingerprint density at radius 3 is 2.89 bits per heavy atom. The first-order chi connectivity index (χ1) is 9.24. The third-order valence-corrected chi connectivity index (χ3v) is 3.20. The molecule has 0 bridgehead atoms. The highest BCUT2D eigenvalue weighted by Gasteiger charge is 2.14. The lowest BCUT2D eigenvalue weighted by Gasteiger charge is -2.07. The minimum atomic E-state index is -0.435.